The number of hydrogen-bond donors (Lipinski definition) is 3. The van der Waals surface area contributed by atoms with Gasteiger partial charge in [-0.3, -0.25) is 9.50 Å². The summed E-state index contributed by atoms with van der Waals surface area (Å²) in [7, 11) is 0. The Morgan fingerprint density at radius 2 is 1.94 bits per heavy atom. The maximum absolute atomic E-state index is 13.3. The highest BCUT2D eigenvalue weighted by Gasteiger charge is 2.31. The van der Waals surface area contributed by atoms with Gasteiger partial charge in [-0.1, -0.05) is 20.8 Å². The molecule has 0 saturated carbocycles. The van der Waals surface area contributed by atoms with Gasteiger partial charge in [-0.2, -0.15) is 18.3 Å². The second kappa shape index (κ2) is 7.52. The Hall–Kier alpha value is -3.14. The second-order valence-electron chi connectivity index (χ2n) is 8.38. The molecule has 1 aromatic carbocycles. The Kier molecular flexibility index (Phi) is 5.12. The van der Waals surface area contributed by atoms with E-state index in [0.717, 1.165) is 17.8 Å². The van der Waals surface area contributed by atoms with Crippen LogP contribution in [0.15, 0.2) is 30.5 Å². The average Bonchev–Trinajstić information content (AvgIpc) is 3.34. The van der Waals surface area contributed by atoms with E-state index >= 15 is 0 Å². The second-order valence-corrected chi connectivity index (χ2v) is 8.38. The largest absolute Gasteiger partial charge is 0.416 e. The van der Waals surface area contributed by atoms with Gasteiger partial charge < -0.3 is 10.4 Å². The highest BCUT2D eigenvalue weighted by Crippen LogP contribution is 2.34. The van der Waals surface area contributed by atoms with E-state index in [1.54, 1.807) is 10.6 Å². The van der Waals surface area contributed by atoms with Crippen LogP contribution in [0.4, 0.5) is 19.0 Å². The summed E-state index contributed by atoms with van der Waals surface area (Å²) in [5.74, 6) is 0.345. The molecule has 31 heavy (non-hydrogen) atoms. The minimum absolute atomic E-state index is 0.0162. The fourth-order valence-corrected chi connectivity index (χ4v) is 3.33. The predicted octanol–water partition coefficient (Wildman–Crippen LogP) is 4.38. The zero-order chi connectivity index (χ0) is 22.4. The summed E-state index contributed by atoms with van der Waals surface area (Å²) in [6, 6.07) is 5.38. The van der Waals surface area contributed by atoms with E-state index in [9.17, 15) is 13.2 Å². The lowest BCUT2D eigenvalue weighted by Crippen LogP contribution is -2.11. The number of benzene rings is 1. The van der Waals surface area contributed by atoms with Crippen molar-refractivity contribution >= 4 is 22.5 Å². The van der Waals surface area contributed by atoms with Crippen LogP contribution in [0.2, 0.25) is 0 Å². The molecular weight excluding hydrogens is 409 g/mol. The lowest BCUT2D eigenvalue weighted by atomic mass is 9.92. The van der Waals surface area contributed by atoms with Gasteiger partial charge in [0.15, 0.2) is 11.5 Å². The number of imidazole rings is 1. The minimum Gasteiger partial charge on any atom is -0.396 e. The van der Waals surface area contributed by atoms with Crippen LogP contribution in [-0.2, 0) is 11.6 Å². The van der Waals surface area contributed by atoms with Crippen LogP contribution < -0.4 is 5.32 Å². The molecule has 0 aliphatic carbocycles. The molecule has 0 fully saturated rings. The van der Waals surface area contributed by atoms with Crippen LogP contribution in [-0.4, -0.2) is 42.8 Å². The third-order valence-electron chi connectivity index (χ3n) is 5.03. The number of anilines is 1. The monoisotopic (exact) mass is 432 g/mol. The number of hydrogen-bond acceptors (Lipinski definition) is 5. The number of nitrogens with one attached hydrogen (secondary N) is 2. The van der Waals surface area contributed by atoms with Gasteiger partial charge >= 0.3 is 6.18 Å². The fourth-order valence-electron chi connectivity index (χ4n) is 3.33. The Labute approximate surface area is 176 Å². The molecule has 0 spiro atoms. The SMILES string of the molecule is CC(C)(C)c1cc(-c2cnc3c(NCCCO)nc4cc(C(F)(F)F)ccc4n23)n[nH]1. The number of aromatic nitrogens is 5. The topological polar surface area (TPSA) is 91.1 Å². The molecular formula is C21H23F3N6O. The number of fused-ring (bicyclic) bond motifs is 3. The first-order valence-corrected chi connectivity index (χ1v) is 9.89. The first-order valence-electron chi connectivity index (χ1n) is 9.89. The fraction of sp³-hybridized carbons (Fsp3) is 0.381. The lowest BCUT2D eigenvalue weighted by molar-refractivity contribution is -0.137. The molecule has 0 aliphatic rings. The van der Waals surface area contributed by atoms with Gasteiger partial charge in [0.05, 0.1) is 28.5 Å². The molecule has 164 valence electrons. The van der Waals surface area contributed by atoms with Gasteiger partial charge in [0.2, 0.25) is 0 Å². The zero-order valence-electron chi connectivity index (χ0n) is 17.4. The van der Waals surface area contributed by atoms with Crippen LogP contribution >= 0.6 is 0 Å². The molecule has 0 bridgehead atoms. The molecule has 3 N–H and O–H groups in total. The molecule has 10 heteroatoms. The van der Waals surface area contributed by atoms with Crippen LogP contribution in [0.1, 0.15) is 38.4 Å². The van der Waals surface area contributed by atoms with Crippen molar-refractivity contribution in [3.63, 3.8) is 0 Å². The van der Waals surface area contributed by atoms with Crippen LogP contribution in [0.3, 0.4) is 0 Å². The molecule has 3 aromatic heterocycles. The third kappa shape index (κ3) is 3.95. The smallest absolute Gasteiger partial charge is 0.396 e. The van der Waals surface area contributed by atoms with Crippen molar-refractivity contribution in [2.75, 3.05) is 18.5 Å². The number of alkyl halides is 3. The van der Waals surface area contributed by atoms with Crippen molar-refractivity contribution < 1.29 is 18.3 Å². The Balaban J connectivity index is 1.95. The summed E-state index contributed by atoms with van der Waals surface area (Å²) >= 11 is 0. The highest BCUT2D eigenvalue weighted by molar-refractivity contribution is 5.86. The van der Waals surface area contributed by atoms with Crippen LogP contribution in [0.25, 0.3) is 28.1 Å². The number of aromatic amines is 1. The summed E-state index contributed by atoms with van der Waals surface area (Å²) in [5.41, 5.74) is 2.42. The Morgan fingerprint density at radius 1 is 1.16 bits per heavy atom. The molecule has 4 aromatic rings. The van der Waals surface area contributed by atoms with Gasteiger partial charge in [-0.15, -0.1) is 0 Å². The molecule has 7 nitrogen and oxygen atoms in total. The lowest BCUT2D eigenvalue weighted by Gasteiger charge is -2.14. The van der Waals surface area contributed by atoms with Gasteiger partial charge in [0, 0.05) is 24.3 Å². The van der Waals surface area contributed by atoms with E-state index in [1.165, 1.54) is 6.07 Å². The third-order valence-corrected chi connectivity index (χ3v) is 5.03. The van der Waals surface area contributed by atoms with Crippen molar-refractivity contribution in [2.45, 2.75) is 38.8 Å². The maximum Gasteiger partial charge on any atom is 0.416 e. The van der Waals surface area contributed by atoms with Crippen molar-refractivity contribution in [2.24, 2.45) is 0 Å². The number of aliphatic hydroxyl groups excluding tert-OH is 1. The first-order chi connectivity index (χ1) is 14.6. The van der Waals surface area contributed by atoms with E-state index in [4.69, 9.17) is 5.11 Å². The highest BCUT2D eigenvalue weighted by atomic mass is 19.4. The summed E-state index contributed by atoms with van der Waals surface area (Å²) < 4.78 is 41.6. The summed E-state index contributed by atoms with van der Waals surface area (Å²) in [6.45, 7) is 6.56. The minimum atomic E-state index is -4.48. The van der Waals surface area contributed by atoms with Crippen LogP contribution in [0, 0.1) is 0 Å². The van der Waals surface area contributed by atoms with E-state index in [-0.39, 0.29) is 17.5 Å². The molecule has 0 unspecified atom stereocenters. The van der Waals surface area contributed by atoms with Crippen molar-refractivity contribution in [1.29, 1.82) is 0 Å². The number of rotatable bonds is 5. The molecule has 0 aliphatic heterocycles. The Bertz CT molecular complexity index is 1240. The maximum atomic E-state index is 13.3. The molecule has 0 saturated heterocycles. The number of halogens is 3. The number of H-pyrrole nitrogens is 1. The van der Waals surface area contributed by atoms with Crippen molar-refractivity contribution in [3.05, 3.63) is 41.7 Å². The Morgan fingerprint density at radius 3 is 2.58 bits per heavy atom. The zero-order valence-corrected chi connectivity index (χ0v) is 17.4. The molecule has 3 heterocycles. The van der Waals surface area contributed by atoms with E-state index in [2.05, 4.69) is 46.3 Å². The number of nitrogens with zero attached hydrogens (tertiary/aromatic N) is 4. The van der Waals surface area contributed by atoms with Gasteiger partial charge in [-0.25, -0.2) is 9.97 Å². The van der Waals surface area contributed by atoms with Gasteiger partial charge in [0.25, 0.3) is 0 Å². The van der Waals surface area contributed by atoms with E-state index in [0.29, 0.717) is 41.3 Å². The van der Waals surface area contributed by atoms with E-state index < -0.39 is 11.7 Å². The molecule has 4 rings (SSSR count). The van der Waals surface area contributed by atoms with E-state index in [1.807, 2.05) is 6.07 Å². The summed E-state index contributed by atoms with van der Waals surface area (Å²) in [6.07, 6.45) is -2.37. The van der Waals surface area contributed by atoms with Crippen molar-refractivity contribution in [1.82, 2.24) is 24.6 Å². The standard InChI is InChI=1S/C21H23F3N6O/c1-20(2,3)17-10-14(28-29-17)16-11-26-19-18(25-7-4-8-31)27-13-9-12(21(22,23)24)5-6-15(13)30(16)19/h5-6,9-11,31H,4,7-8H2,1-3H3,(H,25,27)(H,28,29). The van der Waals surface area contributed by atoms with Crippen LogP contribution in [0.5, 0.6) is 0 Å². The normalized spacial score (nSPS) is 12.7. The molecule has 0 atom stereocenters. The summed E-state index contributed by atoms with van der Waals surface area (Å²) in [5, 5.41) is 19.6. The first kappa shape index (κ1) is 21.1. The number of aliphatic hydroxyl groups is 1. The summed E-state index contributed by atoms with van der Waals surface area (Å²) in [4.78, 5) is 8.86. The van der Waals surface area contributed by atoms with Crippen molar-refractivity contribution in [3.8, 4) is 11.4 Å². The quantitative estimate of drug-likeness (QED) is 0.407. The predicted molar refractivity (Wildman–Crippen MR) is 112 cm³/mol. The molecule has 0 radical (unpaired) electrons. The molecule has 0 amide bonds. The average molecular weight is 432 g/mol. The van der Waals surface area contributed by atoms with Gasteiger partial charge in [0.1, 0.15) is 5.69 Å². The van der Waals surface area contributed by atoms with Gasteiger partial charge in [-0.05, 0) is 30.7 Å².